The van der Waals surface area contributed by atoms with Gasteiger partial charge in [0.1, 0.15) is 0 Å². The fourth-order valence-corrected chi connectivity index (χ4v) is 3.11. The molecule has 1 N–H and O–H groups in total. The van der Waals surface area contributed by atoms with Crippen LogP contribution in [0.5, 0.6) is 0 Å². The minimum absolute atomic E-state index is 0.368. The summed E-state index contributed by atoms with van der Waals surface area (Å²) in [6.07, 6.45) is 0.248. The predicted molar refractivity (Wildman–Crippen MR) is 78.7 cm³/mol. The van der Waals surface area contributed by atoms with Gasteiger partial charge in [-0.25, -0.2) is 4.98 Å². The Balaban J connectivity index is 1.81. The number of hydrogen-bond acceptors (Lipinski definition) is 4. The zero-order valence-electron chi connectivity index (χ0n) is 9.97. The average molecular weight is 300 g/mol. The Labute approximate surface area is 120 Å². The number of rotatable bonds is 5. The Bertz CT molecular complexity index is 498. The van der Waals surface area contributed by atoms with Crippen molar-refractivity contribution in [2.45, 2.75) is 24.3 Å². The predicted octanol–water partition coefficient (Wildman–Crippen LogP) is 3.80. The summed E-state index contributed by atoms with van der Waals surface area (Å²) < 4.78 is 0. The maximum atomic E-state index is 9.95. The second-order valence-corrected chi connectivity index (χ2v) is 6.57. The molecule has 5 heteroatoms. The lowest BCUT2D eigenvalue weighted by molar-refractivity contribution is 0.199. The van der Waals surface area contributed by atoms with Crippen molar-refractivity contribution in [3.63, 3.8) is 0 Å². The highest BCUT2D eigenvalue weighted by Crippen LogP contribution is 2.22. The molecule has 0 amide bonds. The molecule has 0 fully saturated rings. The Morgan fingerprint density at radius 3 is 2.72 bits per heavy atom. The van der Waals surface area contributed by atoms with Crippen LogP contribution in [-0.2, 0) is 6.42 Å². The number of aliphatic hydroxyl groups excluding tert-OH is 1. The Morgan fingerprint density at radius 2 is 2.11 bits per heavy atom. The van der Waals surface area contributed by atoms with Crippen molar-refractivity contribution >= 4 is 34.7 Å². The number of benzene rings is 1. The molecule has 0 spiro atoms. The lowest BCUT2D eigenvalue weighted by Crippen LogP contribution is -2.13. The molecule has 1 atom stereocenters. The summed E-state index contributed by atoms with van der Waals surface area (Å²) in [6.45, 7) is 1.98. The third kappa shape index (κ3) is 4.28. The molecule has 0 aliphatic carbocycles. The van der Waals surface area contributed by atoms with Gasteiger partial charge in [0.2, 0.25) is 0 Å². The van der Waals surface area contributed by atoms with Crippen molar-refractivity contribution in [3.05, 3.63) is 45.4 Å². The maximum absolute atomic E-state index is 9.95. The molecule has 1 aromatic heterocycles. The largest absolute Gasteiger partial charge is 0.392 e. The third-order valence-electron chi connectivity index (χ3n) is 2.37. The number of aliphatic hydroxyl groups is 1. The highest BCUT2D eigenvalue weighted by atomic mass is 35.5. The SMILES string of the molecule is Cc1nc(CC(O)CSc2ccc(Cl)cc2)cs1. The van der Waals surface area contributed by atoms with Crippen LogP contribution in [0.1, 0.15) is 10.7 Å². The van der Waals surface area contributed by atoms with Gasteiger partial charge in [-0.3, -0.25) is 0 Å². The molecule has 2 aromatic rings. The minimum Gasteiger partial charge on any atom is -0.392 e. The average Bonchev–Trinajstić information content (AvgIpc) is 2.74. The lowest BCUT2D eigenvalue weighted by atomic mass is 10.2. The van der Waals surface area contributed by atoms with Crippen molar-refractivity contribution < 1.29 is 5.11 Å². The maximum Gasteiger partial charge on any atom is 0.0897 e. The van der Waals surface area contributed by atoms with Gasteiger partial charge in [-0.2, -0.15) is 0 Å². The van der Waals surface area contributed by atoms with Gasteiger partial charge >= 0.3 is 0 Å². The van der Waals surface area contributed by atoms with Crippen molar-refractivity contribution in [2.75, 3.05) is 5.75 Å². The smallest absolute Gasteiger partial charge is 0.0897 e. The van der Waals surface area contributed by atoms with Crippen LogP contribution < -0.4 is 0 Å². The molecule has 0 aliphatic heterocycles. The van der Waals surface area contributed by atoms with E-state index in [1.54, 1.807) is 23.1 Å². The van der Waals surface area contributed by atoms with Gasteiger partial charge in [0, 0.05) is 27.5 Å². The summed E-state index contributed by atoms with van der Waals surface area (Å²) in [6, 6.07) is 7.65. The molecule has 96 valence electrons. The van der Waals surface area contributed by atoms with Crippen LogP contribution >= 0.6 is 34.7 Å². The first-order valence-corrected chi connectivity index (χ1v) is 7.85. The van der Waals surface area contributed by atoms with E-state index in [1.807, 2.05) is 36.6 Å². The molecule has 0 aliphatic rings. The van der Waals surface area contributed by atoms with Crippen molar-refractivity contribution in [1.29, 1.82) is 0 Å². The molecular formula is C13H14ClNOS2. The highest BCUT2D eigenvalue weighted by molar-refractivity contribution is 7.99. The van der Waals surface area contributed by atoms with Gasteiger partial charge in [0.05, 0.1) is 16.8 Å². The number of thioether (sulfide) groups is 1. The first kappa shape index (κ1) is 13.9. The quantitative estimate of drug-likeness (QED) is 0.853. The van der Waals surface area contributed by atoms with Crippen molar-refractivity contribution in [2.24, 2.45) is 0 Å². The van der Waals surface area contributed by atoms with Gasteiger partial charge in [0.15, 0.2) is 0 Å². The molecule has 2 rings (SSSR count). The molecule has 0 saturated heterocycles. The van der Waals surface area contributed by atoms with E-state index in [-0.39, 0.29) is 6.10 Å². The molecule has 18 heavy (non-hydrogen) atoms. The van der Waals surface area contributed by atoms with E-state index in [9.17, 15) is 5.11 Å². The third-order valence-corrected chi connectivity index (χ3v) is 4.60. The van der Waals surface area contributed by atoms with E-state index < -0.39 is 0 Å². The van der Waals surface area contributed by atoms with Crippen LogP contribution in [0.2, 0.25) is 5.02 Å². The van der Waals surface area contributed by atoms with Gasteiger partial charge in [0.25, 0.3) is 0 Å². The number of thiazole rings is 1. The van der Waals surface area contributed by atoms with E-state index in [0.29, 0.717) is 12.2 Å². The molecular weight excluding hydrogens is 286 g/mol. The Hall–Kier alpha value is -0.550. The molecule has 1 unspecified atom stereocenters. The topological polar surface area (TPSA) is 33.1 Å². The van der Waals surface area contributed by atoms with E-state index in [2.05, 4.69) is 4.98 Å². The molecule has 0 bridgehead atoms. The fourth-order valence-electron chi connectivity index (χ4n) is 1.53. The van der Waals surface area contributed by atoms with Crippen molar-refractivity contribution in [3.8, 4) is 0 Å². The van der Waals surface area contributed by atoms with Crippen LogP contribution in [0.3, 0.4) is 0 Å². The molecule has 1 heterocycles. The van der Waals surface area contributed by atoms with Crippen LogP contribution in [0, 0.1) is 6.92 Å². The van der Waals surface area contributed by atoms with Gasteiger partial charge < -0.3 is 5.11 Å². The van der Waals surface area contributed by atoms with E-state index in [1.165, 1.54) is 0 Å². The van der Waals surface area contributed by atoms with Crippen LogP contribution in [0.15, 0.2) is 34.5 Å². The minimum atomic E-state index is -0.368. The number of aryl methyl sites for hydroxylation is 1. The zero-order chi connectivity index (χ0) is 13.0. The summed E-state index contributed by atoms with van der Waals surface area (Å²) >= 11 is 9.07. The number of hydrogen-bond donors (Lipinski definition) is 1. The molecule has 1 aromatic carbocycles. The van der Waals surface area contributed by atoms with Crippen LogP contribution in [-0.4, -0.2) is 21.9 Å². The lowest BCUT2D eigenvalue weighted by Gasteiger charge is -2.08. The highest BCUT2D eigenvalue weighted by Gasteiger charge is 2.08. The summed E-state index contributed by atoms with van der Waals surface area (Å²) in [5.41, 5.74) is 0.974. The standard InChI is InChI=1S/C13H14ClNOS2/c1-9-15-11(7-17-9)6-12(16)8-18-13-4-2-10(14)3-5-13/h2-5,7,12,16H,6,8H2,1H3. The normalized spacial score (nSPS) is 12.6. The summed E-state index contributed by atoms with van der Waals surface area (Å²) in [7, 11) is 0. The zero-order valence-corrected chi connectivity index (χ0v) is 12.4. The molecule has 0 radical (unpaired) electrons. The van der Waals surface area contributed by atoms with Crippen LogP contribution in [0.25, 0.3) is 0 Å². The van der Waals surface area contributed by atoms with Crippen molar-refractivity contribution in [1.82, 2.24) is 4.98 Å². The first-order chi connectivity index (χ1) is 8.63. The fraction of sp³-hybridized carbons (Fsp3) is 0.308. The number of aromatic nitrogens is 1. The molecule has 0 saturated carbocycles. The first-order valence-electron chi connectivity index (χ1n) is 5.61. The molecule has 2 nitrogen and oxygen atoms in total. The van der Waals surface area contributed by atoms with Gasteiger partial charge in [-0.1, -0.05) is 11.6 Å². The Morgan fingerprint density at radius 1 is 1.39 bits per heavy atom. The second kappa shape index (κ2) is 6.57. The Kier molecular flexibility index (Phi) is 5.06. The summed E-state index contributed by atoms with van der Waals surface area (Å²) in [4.78, 5) is 5.47. The van der Waals surface area contributed by atoms with E-state index >= 15 is 0 Å². The van der Waals surface area contributed by atoms with E-state index in [4.69, 9.17) is 11.6 Å². The number of nitrogens with zero attached hydrogens (tertiary/aromatic N) is 1. The second-order valence-electron chi connectivity index (χ2n) is 3.98. The summed E-state index contributed by atoms with van der Waals surface area (Å²) in [5.74, 6) is 0.665. The van der Waals surface area contributed by atoms with Crippen LogP contribution in [0.4, 0.5) is 0 Å². The van der Waals surface area contributed by atoms with E-state index in [0.717, 1.165) is 20.6 Å². The summed E-state index contributed by atoms with van der Waals surface area (Å²) in [5, 5.41) is 13.7. The monoisotopic (exact) mass is 299 g/mol. The number of halogens is 1. The van der Waals surface area contributed by atoms with Gasteiger partial charge in [-0.05, 0) is 31.2 Å². The van der Waals surface area contributed by atoms with Gasteiger partial charge in [-0.15, -0.1) is 23.1 Å².